The van der Waals surface area contributed by atoms with Crippen LogP contribution >= 0.6 is 0 Å². The van der Waals surface area contributed by atoms with Gasteiger partial charge in [-0.05, 0) is 54.8 Å². The van der Waals surface area contributed by atoms with E-state index < -0.39 is 0 Å². The summed E-state index contributed by atoms with van der Waals surface area (Å²) >= 11 is 0. The van der Waals surface area contributed by atoms with Crippen molar-refractivity contribution >= 4 is 0 Å². The highest BCUT2D eigenvalue weighted by molar-refractivity contribution is 5.27. The van der Waals surface area contributed by atoms with Crippen LogP contribution in [-0.2, 0) is 6.54 Å². The molecule has 0 bridgehead atoms. The van der Waals surface area contributed by atoms with Crippen molar-refractivity contribution in [3.8, 4) is 0 Å². The molecule has 0 aliphatic heterocycles. The van der Waals surface area contributed by atoms with Crippen molar-refractivity contribution in [1.29, 1.82) is 0 Å². The Bertz CT molecular complexity index is 560. The van der Waals surface area contributed by atoms with Crippen molar-refractivity contribution in [3.05, 3.63) is 59.2 Å². The molecule has 2 aromatic rings. The Kier molecular flexibility index (Phi) is 4.96. The summed E-state index contributed by atoms with van der Waals surface area (Å²) in [7, 11) is 0. The molecule has 1 aromatic carbocycles. The highest BCUT2D eigenvalue weighted by Gasteiger charge is 2.09. The Labute approximate surface area is 120 Å². The monoisotopic (exact) mass is 274 g/mol. The summed E-state index contributed by atoms with van der Waals surface area (Å²) in [6.07, 6.45) is 5.35. The van der Waals surface area contributed by atoms with E-state index in [1.54, 1.807) is 6.07 Å². The van der Waals surface area contributed by atoms with Gasteiger partial charge in [-0.1, -0.05) is 19.9 Å². The minimum atomic E-state index is -0.169. The summed E-state index contributed by atoms with van der Waals surface area (Å²) in [5, 5.41) is 3.48. The molecule has 0 fully saturated rings. The molecule has 2 rings (SSSR count). The fraction of sp³-hybridized carbons (Fsp3) is 0.412. The predicted octanol–water partition coefficient (Wildman–Crippen LogP) is 4.04. The quantitative estimate of drug-likeness (QED) is 0.841. The maximum absolute atomic E-state index is 13.1. The number of rotatable bonds is 6. The first-order valence-corrected chi connectivity index (χ1v) is 7.28. The first-order valence-electron chi connectivity index (χ1n) is 7.28. The number of halogens is 1. The van der Waals surface area contributed by atoms with Crippen LogP contribution in [0.1, 0.15) is 43.0 Å². The van der Waals surface area contributed by atoms with E-state index in [0.29, 0.717) is 6.04 Å². The summed E-state index contributed by atoms with van der Waals surface area (Å²) in [4.78, 5) is 0. The molecule has 20 heavy (non-hydrogen) atoms. The van der Waals surface area contributed by atoms with Crippen molar-refractivity contribution in [3.63, 3.8) is 0 Å². The summed E-state index contributed by atoms with van der Waals surface area (Å²) in [6.45, 7) is 8.03. The van der Waals surface area contributed by atoms with Crippen LogP contribution in [0.15, 0.2) is 36.7 Å². The van der Waals surface area contributed by atoms with Crippen LogP contribution in [0, 0.1) is 12.7 Å². The zero-order valence-electron chi connectivity index (χ0n) is 12.5. The molecule has 0 aliphatic carbocycles. The summed E-state index contributed by atoms with van der Waals surface area (Å²) < 4.78 is 15.3. The standard InChI is InChI=1S/C17H23FN2/c1-4-17(19-5-2)15-8-9-20(12-15)11-14-6-7-16(18)10-13(14)3/h6-10,12,17,19H,4-5,11H2,1-3H3. The van der Waals surface area contributed by atoms with E-state index >= 15 is 0 Å². The lowest BCUT2D eigenvalue weighted by Crippen LogP contribution is -2.19. The second-order valence-electron chi connectivity index (χ2n) is 5.21. The van der Waals surface area contributed by atoms with Gasteiger partial charge in [-0.2, -0.15) is 0 Å². The second-order valence-corrected chi connectivity index (χ2v) is 5.21. The molecule has 0 saturated heterocycles. The third kappa shape index (κ3) is 3.48. The maximum Gasteiger partial charge on any atom is 0.123 e. The Morgan fingerprint density at radius 1 is 1.25 bits per heavy atom. The summed E-state index contributed by atoms with van der Waals surface area (Å²) in [5.74, 6) is -0.169. The van der Waals surface area contributed by atoms with Crippen LogP contribution in [0.4, 0.5) is 4.39 Å². The summed E-state index contributed by atoms with van der Waals surface area (Å²) in [6, 6.07) is 7.56. The van der Waals surface area contributed by atoms with Gasteiger partial charge in [0, 0.05) is 25.0 Å². The smallest absolute Gasteiger partial charge is 0.123 e. The normalized spacial score (nSPS) is 12.6. The highest BCUT2D eigenvalue weighted by atomic mass is 19.1. The third-order valence-electron chi connectivity index (χ3n) is 3.69. The molecule has 0 radical (unpaired) electrons. The number of aryl methyl sites for hydroxylation is 1. The van der Waals surface area contributed by atoms with Gasteiger partial charge in [0.25, 0.3) is 0 Å². The second kappa shape index (κ2) is 6.71. The average Bonchev–Trinajstić information content (AvgIpc) is 2.87. The zero-order chi connectivity index (χ0) is 14.5. The van der Waals surface area contributed by atoms with Gasteiger partial charge in [-0.25, -0.2) is 4.39 Å². The fourth-order valence-electron chi connectivity index (χ4n) is 2.54. The van der Waals surface area contributed by atoms with Crippen LogP contribution in [-0.4, -0.2) is 11.1 Å². The molecular weight excluding hydrogens is 251 g/mol. The van der Waals surface area contributed by atoms with Gasteiger partial charge in [-0.15, -0.1) is 0 Å². The van der Waals surface area contributed by atoms with Gasteiger partial charge in [0.15, 0.2) is 0 Å². The van der Waals surface area contributed by atoms with Gasteiger partial charge in [0.1, 0.15) is 5.82 Å². The number of nitrogens with one attached hydrogen (secondary N) is 1. The van der Waals surface area contributed by atoms with E-state index in [2.05, 4.69) is 42.2 Å². The molecule has 0 spiro atoms. The minimum Gasteiger partial charge on any atom is -0.350 e. The first kappa shape index (κ1) is 14.8. The molecule has 3 heteroatoms. The lowest BCUT2D eigenvalue weighted by atomic mass is 10.1. The molecule has 1 heterocycles. The van der Waals surface area contributed by atoms with Crippen molar-refractivity contribution in [2.24, 2.45) is 0 Å². The topological polar surface area (TPSA) is 17.0 Å². The molecular formula is C17H23FN2. The van der Waals surface area contributed by atoms with Gasteiger partial charge in [0.2, 0.25) is 0 Å². The predicted molar refractivity (Wildman–Crippen MR) is 81.4 cm³/mol. The van der Waals surface area contributed by atoms with Crippen LogP contribution in [0.3, 0.4) is 0 Å². The van der Waals surface area contributed by atoms with Crippen molar-refractivity contribution in [2.45, 2.75) is 39.8 Å². The molecule has 1 aromatic heterocycles. The molecule has 0 saturated carbocycles. The number of hydrogen-bond donors (Lipinski definition) is 1. The molecule has 0 aliphatic rings. The zero-order valence-corrected chi connectivity index (χ0v) is 12.5. The molecule has 1 atom stereocenters. The van der Waals surface area contributed by atoms with Crippen molar-refractivity contribution in [1.82, 2.24) is 9.88 Å². The van der Waals surface area contributed by atoms with Crippen LogP contribution < -0.4 is 5.32 Å². The molecule has 0 amide bonds. The van der Waals surface area contributed by atoms with Crippen LogP contribution in [0.2, 0.25) is 0 Å². The van der Waals surface area contributed by atoms with Gasteiger partial charge in [-0.3, -0.25) is 0 Å². The van der Waals surface area contributed by atoms with E-state index in [9.17, 15) is 4.39 Å². The number of aromatic nitrogens is 1. The summed E-state index contributed by atoms with van der Waals surface area (Å²) in [5.41, 5.74) is 3.47. The third-order valence-corrected chi connectivity index (χ3v) is 3.69. The lowest BCUT2D eigenvalue weighted by Gasteiger charge is -2.14. The average molecular weight is 274 g/mol. The van der Waals surface area contributed by atoms with Crippen molar-refractivity contribution in [2.75, 3.05) is 6.54 Å². The molecule has 2 nitrogen and oxygen atoms in total. The van der Waals surface area contributed by atoms with E-state index in [4.69, 9.17) is 0 Å². The number of benzene rings is 1. The molecule has 1 N–H and O–H groups in total. The minimum absolute atomic E-state index is 0.169. The Morgan fingerprint density at radius 2 is 2.05 bits per heavy atom. The van der Waals surface area contributed by atoms with Gasteiger partial charge >= 0.3 is 0 Å². The Morgan fingerprint density at radius 3 is 2.70 bits per heavy atom. The molecule has 108 valence electrons. The highest BCUT2D eigenvalue weighted by Crippen LogP contribution is 2.18. The Hall–Kier alpha value is -1.61. The van der Waals surface area contributed by atoms with Gasteiger partial charge in [0.05, 0.1) is 0 Å². The fourth-order valence-corrected chi connectivity index (χ4v) is 2.54. The van der Waals surface area contributed by atoms with Crippen LogP contribution in [0.5, 0.6) is 0 Å². The maximum atomic E-state index is 13.1. The lowest BCUT2D eigenvalue weighted by molar-refractivity contribution is 0.536. The Balaban J connectivity index is 2.12. The number of nitrogens with zero attached hydrogens (tertiary/aromatic N) is 1. The molecule has 1 unspecified atom stereocenters. The van der Waals surface area contributed by atoms with Crippen molar-refractivity contribution < 1.29 is 4.39 Å². The number of hydrogen-bond acceptors (Lipinski definition) is 1. The van der Waals surface area contributed by atoms with E-state index in [1.807, 2.05) is 13.0 Å². The van der Waals surface area contributed by atoms with E-state index in [1.165, 1.54) is 11.6 Å². The largest absolute Gasteiger partial charge is 0.350 e. The van der Waals surface area contributed by atoms with Gasteiger partial charge < -0.3 is 9.88 Å². The van der Waals surface area contributed by atoms with E-state index in [-0.39, 0.29) is 5.82 Å². The first-order chi connectivity index (χ1) is 9.63. The SMILES string of the molecule is CCNC(CC)c1ccn(Cc2ccc(F)cc2C)c1. The van der Waals surface area contributed by atoms with E-state index in [0.717, 1.165) is 30.6 Å². The van der Waals surface area contributed by atoms with Crippen LogP contribution in [0.25, 0.3) is 0 Å².